The van der Waals surface area contributed by atoms with Crippen molar-refractivity contribution >= 4 is 0 Å². The summed E-state index contributed by atoms with van der Waals surface area (Å²) < 4.78 is 5.37. The number of fused-ring (bicyclic) bond motifs is 1. The van der Waals surface area contributed by atoms with Gasteiger partial charge >= 0.3 is 0 Å². The Balaban J connectivity index is 1.50. The molecular weight excluding hydrogens is 252 g/mol. The summed E-state index contributed by atoms with van der Waals surface area (Å²) in [5.74, 6) is 0.898. The van der Waals surface area contributed by atoms with Crippen molar-refractivity contribution in [3.05, 3.63) is 0 Å². The van der Waals surface area contributed by atoms with Gasteiger partial charge in [-0.25, -0.2) is 0 Å². The number of hydrogen-bond donors (Lipinski definition) is 1. The Hall–Kier alpha value is -0.160. The third-order valence-electron chi connectivity index (χ3n) is 5.50. The minimum atomic E-state index is -0.212. The molecule has 0 aromatic carbocycles. The number of hydrogen-bond acceptors (Lipinski definition) is 4. The van der Waals surface area contributed by atoms with Gasteiger partial charge in [0.2, 0.25) is 0 Å². The van der Waals surface area contributed by atoms with Gasteiger partial charge in [0.15, 0.2) is 0 Å². The van der Waals surface area contributed by atoms with E-state index >= 15 is 0 Å². The first-order chi connectivity index (χ1) is 9.74. The second-order valence-electron chi connectivity index (χ2n) is 6.96. The van der Waals surface area contributed by atoms with Gasteiger partial charge in [-0.3, -0.25) is 9.80 Å². The molecule has 4 nitrogen and oxygen atoms in total. The van der Waals surface area contributed by atoms with Crippen molar-refractivity contribution in [3.63, 3.8) is 0 Å². The van der Waals surface area contributed by atoms with Gasteiger partial charge in [-0.05, 0) is 32.1 Å². The van der Waals surface area contributed by atoms with Crippen molar-refractivity contribution in [1.82, 2.24) is 9.80 Å². The molecule has 1 saturated carbocycles. The van der Waals surface area contributed by atoms with Crippen molar-refractivity contribution in [1.29, 1.82) is 0 Å². The average Bonchev–Trinajstić information content (AvgIpc) is 2.76. The van der Waals surface area contributed by atoms with E-state index in [2.05, 4.69) is 16.7 Å². The average molecular weight is 282 g/mol. The van der Waals surface area contributed by atoms with Crippen LogP contribution in [0.2, 0.25) is 0 Å². The molecule has 0 amide bonds. The largest absolute Gasteiger partial charge is 0.390 e. The fourth-order valence-electron chi connectivity index (χ4n) is 4.50. The van der Waals surface area contributed by atoms with E-state index in [1.54, 1.807) is 0 Å². The molecule has 0 aromatic rings. The molecule has 0 spiro atoms. The van der Waals surface area contributed by atoms with Gasteiger partial charge in [-0.2, -0.15) is 0 Å². The van der Waals surface area contributed by atoms with Gasteiger partial charge in [-0.15, -0.1) is 0 Å². The highest BCUT2D eigenvalue weighted by molar-refractivity contribution is 4.95. The topological polar surface area (TPSA) is 35.9 Å². The fourth-order valence-corrected chi connectivity index (χ4v) is 4.50. The predicted molar refractivity (Wildman–Crippen MR) is 79.8 cm³/mol. The molecule has 2 heterocycles. The van der Waals surface area contributed by atoms with E-state index in [0.717, 1.165) is 51.4 Å². The number of rotatable bonds is 4. The smallest absolute Gasteiger partial charge is 0.0794 e. The summed E-state index contributed by atoms with van der Waals surface area (Å²) in [7, 11) is 0. The highest BCUT2D eigenvalue weighted by atomic mass is 16.5. The second kappa shape index (κ2) is 6.73. The maximum atomic E-state index is 10.4. The summed E-state index contributed by atoms with van der Waals surface area (Å²) in [5.41, 5.74) is 0. The molecule has 3 rings (SSSR count). The first-order valence-corrected chi connectivity index (χ1v) is 8.48. The molecule has 1 N–H and O–H groups in total. The summed E-state index contributed by atoms with van der Waals surface area (Å²) in [5, 5.41) is 10.4. The number of likely N-dealkylation sites (tertiary alicyclic amines) is 1. The van der Waals surface area contributed by atoms with Crippen LogP contribution in [-0.4, -0.2) is 72.5 Å². The third kappa shape index (κ3) is 3.35. The molecule has 0 aromatic heterocycles. The van der Waals surface area contributed by atoms with Crippen LogP contribution in [0.3, 0.4) is 0 Å². The van der Waals surface area contributed by atoms with Crippen molar-refractivity contribution < 1.29 is 9.84 Å². The molecule has 20 heavy (non-hydrogen) atoms. The Kier molecular flexibility index (Phi) is 4.97. The van der Waals surface area contributed by atoms with E-state index < -0.39 is 0 Å². The Morgan fingerprint density at radius 3 is 2.70 bits per heavy atom. The van der Waals surface area contributed by atoms with Crippen LogP contribution in [0, 0.1) is 5.92 Å². The van der Waals surface area contributed by atoms with E-state index in [1.807, 2.05) is 0 Å². The van der Waals surface area contributed by atoms with Crippen LogP contribution in [0.4, 0.5) is 0 Å². The fraction of sp³-hybridized carbons (Fsp3) is 1.00. The second-order valence-corrected chi connectivity index (χ2v) is 6.96. The van der Waals surface area contributed by atoms with Gasteiger partial charge in [0.05, 0.1) is 19.3 Å². The Morgan fingerprint density at radius 1 is 1.15 bits per heavy atom. The maximum Gasteiger partial charge on any atom is 0.0794 e. The molecule has 0 radical (unpaired) electrons. The van der Waals surface area contributed by atoms with Gasteiger partial charge in [0.1, 0.15) is 0 Å². The number of aliphatic hydroxyl groups is 1. The van der Waals surface area contributed by atoms with Crippen LogP contribution < -0.4 is 0 Å². The van der Waals surface area contributed by atoms with Gasteiger partial charge in [-0.1, -0.05) is 12.8 Å². The molecule has 3 fully saturated rings. The zero-order chi connectivity index (χ0) is 13.9. The van der Waals surface area contributed by atoms with Crippen LogP contribution in [0.15, 0.2) is 0 Å². The van der Waals surface area contributed by atoms with Crippen LogP contribution in [0.25, 0.3) is 0 Å². The summed E-state index contributed by atoms with van der Waals surface area (Å²) >= 11 is 0. The van der Waals surface area contributed by atoms with E-state index in [4.69, 9.17) is 4.74 Å². The first-order valence-electron chi connectivity index (χ1n) is 8.48. The molecular formula is C16H30N2O2. The van der Waals surface area contributed by atoms with Crippen LogP contribution >= 0.6 is 0 Å². The van der Waals surface area contributed by atoms with Crippen molar-refractivity contribution in [2.24, 2.45) is 5.92 Å². The van der Waals surface area contributed by atoms with Crippen molar-refractivity contribution in [2.45, 2.75) is 57.2 Å². The number of β-amino-alcohol motifs (C(OH)–C–C–N with tert-alkyl or cyclic N) is 1. The van der Waals surface area contributed by atoms with E-state index in [1.165, 1.54) is 32.1 Å². The molecule has 4 heteroatoms. The quantitative estimate of drug-likeness (QED) is 0.844. The maximum absolute atomic E-state index is 10.4. The number of nitrogens with zero attached hydrogens (tertiary/aromatic N) is 2. The molecule has 2 aliphatic heterocycles. The normalized spacial score (nSPS) is 37.8. The Morgan fingerprint density at radius 2 is 1.90 bits per heavy atom. The highest BCUT2D eigenvalue weighted by Gasteiger charge is 2.40. The zero-order valence-electron chi connectivity index (χ0n) is 12.8. The van der Waals surface area contributed by atoms with E-state index in [0.29, 0.717) is 6.04 Å². The Bertz CT molecular complexity index is 307. The summed E-state index contributed by atoms with van der Waals surface area (Å²) in [6.45, 7) is 7.59. The third-order valence-corrected chi connectivity index (χ3v) is 5.50. The van der Waals surface area contributed by atoms with Gasteiger partial charge < -0.3 is 9.84 Å². The highest BCUT2D eigenvalue weighted by Crippen LogP contribution is 2.39. The standard InChI is InChI=1S/C16H30N2O2/c1-13-10-14-4-2-3-5-16(14)18(13)12-15(19)11-17-6-8-20-9-7-17/h13-16,19H,2-12H2,1H3/t13-,14+,15+,16+/m1/s1. The van der Waals surface area contributed by atoms with Crippen LogP contribution in [-0.2, 0) is 4.74 Å². The van der Waals surface area contributed by atoms with E-state index in [9.17, 15) is 5.11 Å². The molecule has 3 aliphatic rings. The lowest BCUT2D eigenvalue weighted by molar-refractivity contribution is 0.000707. The summed E-state index contributed by atoms with van der Waals surface area (Å²) in [6, 6.07) is 1.40. The lowest BCUT2D eigenvalue weighted by Crippen LogP contribution is -2.47. The first kappa shape index (κ1) is 14.8. The van der Waals surface area contributed by atoms with Gasteiger partial charge in [0.25, 0.3) is 0 Å². The van der Waals surface area contributed by atoms with Crippen molar-refractivity contribution in [2.75, 3.05) is 39.4 Å². The Labute approximate surface area is 123 Å². The zero-order valence-corrected chi connectivity index (χ0v) is 12.8. The molecule has 0 bridgehead atoms. The summed E-state index contributed by atoms with van der Waals surface area (Å²) in [6.07, 6.45) is 6.68. The lowest BCUT2D eigenvalue weighted by Gasteiger charge is -2.36. The number of morpholine rings is 1. The molecule has 1 aliphatic carbocycles. The predicted octanol–water partition coefficient (Wildman–Crippen LogP) is 1.33. The minimum absolute atomic E-state index is 0.212. The number of aliphatic hydroxyl groups excluding tert-OH is 1. The number of ether oxygens (including phenoxy) is 1. The molecule has 116 valence electrons. The van der Waals surface area contributed by atoms with E-state index in [-0.39, 0.29) is 6.10 Å². The minimum Gasteiger partial charge on any atom is -0.390 e. The molecule has 0 unspecified atom stereocenters. The summed E-state index contributed by atoms with van der Waals surface area (Å²) in [4.78, 5) is 4.95. The monoisotopic (exact) mass is 282 g/mol. The molecule has 4 atom stereocenters. The SMILES string of the molecule is C[C@@H]1C[C@@H]2CCCC[C@@H]2N1C[C@@H](O)CN1CCOCC1. The van der Waals surface area contributed by atoms with Gasteiger partial charge in [0, 0.05) is 38.3 Å². The lowest BCUT2D eigenvalue weighted by atomic mass is 9.85. The van der Waals surface area contributed by atoms with Crippen LogP contribution in [0.1, 0.15) is 39.0 Å². The van der Waals surface area contributed by atoms with Crippen LogP contribution in [0.5, 0.6) is 0 Å². The molecule has 2 saturated heterocycles. The van der Waals surface area contributed by atoms with Crippen molar-refractivity contribution in [3.8, 4) is 0 Å².